The van der Waals surface area contributed by atoms with Crippen molar-refractivity contribution in [2.24, 2.45) is 0 Å². The second-order valence-corrected chi connectivity index (χ2v) is 4.70. The van der Waals surface area contributed by atoms with Gasteiger partial charge in [0.05, 0.1) is 0 Å². The van der Waals surface area contributed by atoms with E-state index in [1.807, 2.05) is 31.2 Å². The molecule has 0 radical (unpaired) electrons. The van der Waals surface area contributed by atoms with Crippen molar-refractivity contribution in [1.82, 2.24) is 4.90 Å². The van der Waals surface area contributed by atoms with E-state index in [0.29, 0.717) is 19.6 Å². The van der Waals surface area contributed by atoms with Crippen molar-refractivity contribution in [2.45, 2.75) is 25.5 Å². The van der Waals surface area contributed by atoms with Crippen LogP contribution in [0.15, 0.2) is 24.3 Å². The molecule has 0 fully saturated rings. The molecule has 0 spiro atoms. The molecule has 2 rings (SSSR count). The molecule has 0 aliphatic carbocycles. The summed E-state index contributed by atoms with van der Waals surface area (Å²) in [6.45, 7) is 2.83. The standard InChI is InChI=1S/C14H19NO4/c1-3-11(14(16)17)15(2)8-10-9-18-12-6-4-5-7-13(12)19-10/h4-7,10-11H,3,8-9H2,1-2H3,(H,16,17)/t10-,11-/m1/s1. The average Bonchev–Trinajstić information content (AvgIpc) is 2.39. The van der Waals surface area contributed by atoms with Crippen molar-refractivity contribution in [2.75, 3.05) is 20.2 Å². The van der Waals surface area contributed by atoms with Gasteiger partial charge in [-0.25, -0.2) is 0 Å². The Kier molecular flexibility index (Phi) is 4.27. The van der Waals surface area contributed by atoms with E-state index in [4.69, 9.17) is 14.6 Å². The minimum atomic E-state index is -0.804. The Labute approximate surface area is 112 Å². The van der Waals surface area contributed by atoms with Crippen molar-refractivity contribution in [1.29, 1.82) is 0 Å². The number of aliphatic carboxylic acids is 1. The Balaban J connectivity index is 1.96. The van der Waals surface area contributed by atoms with Crippen LogP contribution >= 0.6 is 0 Å². The van der Waals surface area contributed by atoms with Crippen LogP contribution in [0.4, 0.5) is 0 Å². The van der Waals surface area contributed by atoms with Gasteiger partial charge in [0.1, 0.15) is 18.8 Å². The van der Waals surface area contributed by atoms with E-state index in [2.05, 4.69) is 0 Å². The first-order valence-electron chi connectivity index (χ1n) is 6.43. The average molecular weight is 265 g/mol. The van der Waals surface area contributed by atoms with Crippen molar-refractivity contribution in [3.63, 3.8) is 0 Å². The topological polar surface area (TPSA) is 59.0 Å². The summed E-state index contributed by atoms with van der Waals surface area (Å²) >= 11 is 0. The number of likely N-dealkylation sites (N-methyl/N-ethyl adjacent to an activating group) is 1. The van der Waals surface area contributed by atoms with Crippen LogP contribution in [0.5, 0.6) is 11.5 Å². The van der Waals surface area contributed by atoms with Crippen LogP contribution in [0.3, 0.4) is 0 Å². The quantitative estimate of drug-likeness (QED) is 0.876. The number of carboxylic acid groups (broad SMARTS) is 1. The summed E-state index contributed by atoms with van der Waals surface area (Å²) in [5.74, 6) is 0.657. The third kappa shape index (κ3) is 3.17. The lowest BCUT2D eigenvalue weighted by molar-refractivity contribution is -0.143. The summed E-state index contributed by atoms with van der Waals surface area (Å²) in [5, 5.41) is 9.12. The fourth-order valence-corrected chi connectivity index (χ4v) is 2.28. The third-order valence-corrected chi connectivity index (χ3v) is 3.26. The molecule has 104 valence electrons. The van der Waals surface area contributed by atoms with Gasteiger partial charge in [-0.3, -0.25) is 9.69 Å². The summed E-state index contributed by atoms with van der Waals surface area (Å²) in [6.07, 6.45) is 0.420. The van der Waals surface area contributed by atoms with Gasteiger partial charge in [0.2, 0.25) is 0 Å². The van der Waals surface area contributed by atoms with Gasteiger partial charge in [-0.2, -0.15) is 0 Å². The molecule has 1 aliphatic rings. The molecule has 0 aromatic heterocycles. The maximum Gasteiger partial charge on any atom is 0.320 e. The van der Waals surface area contributed by atoms with E-state index in [-0.39, 0.29) is 6.10 Å². The number of carbonyl (C=O) groups is 1. The summed E-state index contributed by atoms with van der Waals surface area (Å²) in [6, 6.07) is 7.02. The van der Waals surface area contributed by atoms with E-state index < -0.39 is 12.0 Å². The van der Waals surface area contributed by atoms with Crippen LogP contribution in [-0.4, -0.2) is 48.3 Å². The number of benzene rings is 1. The fraction of sp³-hybridized carbons (Fsp3) is 0.500. The first-order chi connectivity index (χ1) is 9.11. The van der Waals surface area contributed by atoms with Crippen molar-refractivity contribution >= 4 is 5.97 Å². The molecule has 1 heterocycles. The molecule has 19 heavy (non-hydrogen) atoms. The van der Waals surface area contributed by atoms with Gasteiger partial charge >= 0.3 is 5.97 Å². The largest absolute Gasteiger partial charge is 0.486 e. The molecule has 1 aromatic carbocycles. The summed E-state index contributed by atoms with van der Waals surface area (Å²) in [4.78, 5) is 12.9. The Hall–Kier alpha value is -1.75. The van der Waals surface area contributed by atoms with Crippen LogP contribution in [-0.2, 0) is 4.79 Å². The normalized spacial score (nSPS) is 19.2. The highest BCUT2D eigenvalue weighted by Gasteiger charge is 2.27. The molecular formula is C14H19NO4. The van der Waals surface area contributed by atoms with Gasteiger partial charge in [0.25, 0.3) is 0 Å². The molecule has 5 heteroatoms. The van der Waals surface area contributed by atoms with Crippen LogP contribution in [0.2, 0.25) is 0 Å². The number of hydrogen-bond acceptors (Lipinski definition) is 4. The Morgan fingerprint density at radius 3 is 2.79 bits per heavy atom. The van der Waals surface area contributed by atoms with Crippen LogP contribution < -0.4 is 9.47 Å². The molecule has 0 amide bonds. The van der Waals surface area contributed by atoms with Crippen LogP contribution in [0, 0.1) is 0 Å². The number of carboxylic acids is 1. The van der Waals surface area contributed by atoms with Gasteiger partial charge in [-0.05, 0) is 25.6 Å². The maximum atomic E-state index is 11.1. The predicted octanol–water partition coefficient (Wildman–Crippen LogP) is 1.62. The number of para-hydroxylation sites is 2. The number of ether oxygens (including phenoxy) is 2. The molecule has 0 unspecified atom stereocenters. The van der Waals surface area contributed by atoms with Crippen molar-refractivity contribution in [3.8, 4) is 11.5 Å². The monoisotopic (exact) mass is 265 g/mol. The minimum Gasteiger partial charge on any atom is -0.486 e. The SMILES string of the molecule is CC[C@H](C(=O)O)N(C)C[C@@H]1COc2ccccc2O1. The second kappa shape index (κ2) is 5.93. The molecule has 0 bridgehead atoms. The zero-order valence-electron chi connectivity index (χ0n) is 11.2. The lowest BCUT2D eigenvalue weighted by atomic mass is 10.2. The molecular weight excluding hydrogens is 246 g/mol. The van der Waals surface area contributed by atoms with E-state index in [1.165, 1.54) is 0 Å². The van der Waals surface area contributed by atoms with Crippen molar-refractivity contribution < 1.29 is 19.4 Å². The lowest BCUT2D eigenvalue weighted by Crippen LogP contribution is -2.46. The summed E-state index contributed by atoms with van der Waals surface area (Å²) < 4.78 is 11.4. The number of hydrogen-bond donors (Lipinski definition) is 1. The van der Waals surface area contributed by atoms with Gasteiger partial charge < -0.3 is 14.6 Å². The predicted molar refractivity (Wildman–Crippen MR) is 70.7 cm³/mol. The zero-order chi connectivity index (χ0) is 13.8. The summed E-state index contributed by atoms with van der Waals surface area (Å²) in [5.41, 5.74) is 0. The van der Waals surface area contributed by atoms with E-state index >= 15 is 0 Å². The van der Waals surface area contributed by atoms with E-state index in [1.54, 1.807) is 11.9 Å². The number of nitrogens with zero attached hydrogens (tertiary/aromatic N) is 1. The van der Waals surface area contributed by atoms with Gasteiger partial charge in [0, 0.05) is 6.54 Å². The molecule has 0 saturated carbocycles. The Bertz CT molecular complexity index is 449. The van der Waals surface area contributed by atoms with E-state index in [0.717, 1.165) is 11.5 Å². The van der Waals surface area contributed by atoms with Gasteiger partial charge in [0.15, 0.2) is 11.5 Å². The molecule has 1 N–H and O–H groups in total. The number of fused-ring (bicyclic) bond motifs is 1. The Morgan fingerprint density at radius 1 is 1.47 bits per heavy atom. The van der Waals surface area contributed by atoms with Crippen LogP contribution in [0.1, 0.15) is 13.3 Å². The molecule has 5 nitrogen and oxygen atoms in total. The fourth-order valence-electron chi connectivity index (χ4n) is 2.28. The van der Waals surface area contributed by atoms with E-state index in [9.17, 15) is 4.79 Å². The first kappa shape index (κ1) is 13.7. The van der Waals surface area contributed by atoms with Gasteiger partial charge in [-0.15, -0.1) is 0 Å². The third-order valence-electron chi connectivity index (χ3n) is 3.26. The minimum absolute atomic E-state index is 0.145. The lowest BCUT2D eigenvalue weighted by Gasteiger charge is -2.31. The zero-order valence-corrected chi connectivity index (χ0v) is 11.2. The molecule has 0 saturated heterocycles. The molecule has 1 aromatic rings. The highest BCUT2D eigenvalue weighted by Crippen LogP contribution is 2.31. The van der Waals surface area contributed by atoms with Crippen molar-refractivity contribution in [3.05, 3.63) is 24.3 Å². The van der Waals surface area contributed by atoms with Gasteiger partial charge in [-0.1, -0.05) is 19.1 Å². The highest BCUT2D eigenvalue weighted by molar-refractivity contribution is 5.73. The van der Waals surface area contributed by atoms with Crippen LogP contribution in [0.25, 0.3) is 0 Å². The second-order valence-electron chi connectivity index (χ2n) is 4.70. The Morgan fingerprint density at radius 2 is 2.16 bits per heavy atom. The smallest absolute Gasteiger partial charge is 0.320 e. The first-order valence-corrected chi connectivity index (χ1v) is 6.43. The summed E-state index contributed by atoms with van der Waals surface area (Å²) in [7, 11) is 1.80. The molecule has 2 atom stereocenters. The highest BCUT2D eigenvalue weighted by atomic mass is 16.6. The maximum absolute atomic E-state index is 11.1. The number of rotatable bonds is 5. The molecule has 1 aliphatic heterocycles.